The van der Waals surface area contributed by atoms with Crippen LogP contribution in [0.2, 0.25) is 0 Å². The largest absolute Gasteiger partial charge is 0.422 e. The van der Waals surface area contributed by atoms with Crippen molar-refractivity contribution in [3.8, 4) is 21.7 Å². The third-order valence-electron chi connectivity index (χ3n) is 12.1. The van der Waals surface area contributed by atoms with Gasteiger partial charge in [0.2, 0.25) is 5.69 Å². The third kappa shape index (κ3) is 5.03. The summed E-state index contributed by atoms with van der Waals surface area (Å²) >= 11 is 1.44. The van der Waals surface area contributed by atoms with Gasteiger partial charge in [-0.2, -0.15) is 17.7 Å². The number of aryl methyl sites for hydroxylation is 3. The summed E-state index contributed by atoms with van der Waals surface area (Å²) in [5, 5.41) is 15.4. The van der Waals surface area contributed by atoms with Crippen LogP contribution in [0.15, 0.2) is 79.0 Å². The van der Waals surface area contributed by atoms with Gasteiger partial charge in [-0.25, -0.2) is 0 Å². The molecule has 0 bridgehead atoms. The molecule has 2 unspecified atom stereocenters. The van der Waals surface area contributed by atoms with Crippen LogP contribution >= 0.6 is 11.3 Å². The molecule has 52 heavy (non-hydrogen) atoms. The van der Waals surface area contributed by atoms with Gasteiger partial charge in [-0.15, -0.1) is 11.3 Å². The molecule has 3 nitrogen and oxygen atoms in total. The number of fused-ring (bicyclic) bond motifs is 8. The molecular formula is C45H47F3NO2S+. The minimum atomic E-state index is -4.65. The number of nitrogens with zero attached hydrogens (tertiary/aromatic N) is 1. The summed E-state index contributed by atoms with van der Waals surface area (Å²) in [5.74, 6) is 0. The zero-order valence-electron chi connectivity index (χ0n) is 31.5. The smallest absolute Gasteiger partial charge is 0.392 e. The Morgan fingerprint density at radius 1 is 0.904 bits per heavy atom. The van der Waals surface area contributed by atoms with E-state index in [1.54, 1.807) is 7.11 Å². The highest BCUT2D eigenvalue weighted by Crippen LogP contribution is 2.58. The molecule has 3 heterocycles. The fourth-order valence-electron chi connectivity index (χ4n) is 9.16. The minimum absolute atomic E-state index is 0.222. The third-order valence-corrected chi connectivity index (χ3v) is 13.4. The molecule has 1 aliphatic rings. The Kier molecular flexibility index (Phi) is 8.56. The molecule has 0 radical (unpaired) electrons. The monoisotopic (exact) mass is 722 g/mol. The fourth-order valence-corrected chi connectivity index (χ4v) is 10.7. The molecule has 2 atom stereocenters. The summed E-state index contributed by atoms with van der Waals surface area (Å²) in [7, 11) is 1.64. The van der Waals surface area contributed by atoms with Gasteiger partial charge in [-0.1, -0.05) is 81.9 Å². The highest BCUT2D eigenvalue weighted by Gasteiger charge is 2.61. The predicted octanol–water partition coefficient (Wildman–Crippen LogP) is 11.6. The number of alkyl halides is 3. The number of aliphatic hydroxyl groups is 1. The van der Waals surface area contributed by atoms with E-state index in [-0.39, 0.29) is 17.4 Å². The zero-order chi connectivity index (χ0) is 37.7. The number of pyridine rings is 1. The molecule has 2 aromatic heterocycles. The number of thiophene rings is 1. The quantitative estimate of drug-likeness (QED) is 0.137. The maximum absolute atomic E-state index is 15.6. The van der Waals surface area contributed by atoms with Crippen molar-refractivity contribution < 1.29 is 27.6 Å². The van der Waals surface area contributed by atoms with Crippen LogP contribution in [-0.4, -0.2) is 25.4 Å². The van der Waals surface area contributed by atoms with Crippen molar-refractivity contribution in [2.75, 3.05) is 20.3 Å². The lowest BCUT2D eigenvalue weighted by Gasteiger charge is -2.48. The van der Waals surface area contributed by atoms with Crippen LogP contribution in [0.3, 0.4) is 0 Å². The summed E-state index contributed by atoms with van der Waals surface area (Å²) in [6.07, 6.45) is -2.86. The van der Waals surface area contributed by atoms with E-state index in [0.29, 0.717) is 28.9 Å². The van der Waals surface area contributed by atoms with Gasteiger partial charge in [0.25, 0.3) is 0 Å². The zero-order valence-corrected chi connectivity index (χ0v) is 32.3. The van der Waals surface area contributed by atoms with Gasteiger partial charge in [-0.3, -0.25) is 0 Å². The SMILES string of the molecule is C=C(CO)C1(C)[n+]2cc(C(F)(F)F)c3c(C)c(-c4c(C)cc5ccccc5c4C)sc3c2-c2cc(C(C)(C)C)c3ccccc3c2C1(C)CCOC. The fraction of sp³-hybridized carbons (Fsp3) is 0.356. The molecule has 6 aromatic rings. The summed E-state index contributed by atoms with van der Waals surface area (Å²) in [6.45, 7) is 20.9. The summed E-state index contributed by atoms with van der Waals surface area (Å²) in [4.78, 5) is 0.837. The Balaban J connectivity index is 1.75. The van der Waals surface area contributed by atoms with Gasteiger partial charge in [-0.05, 0) is 101 Å². The first-order chi connectivity index (χ1) is 24.4. The van der Waals surface area contributed by atoms with E-state index in [1.807, 2.05) is 49.6 Å². The topological polar surface area (TPSA) is 33.3 Å². The van der Waals surface area contributed by atoms with Gasteiger partial charge in [0.15, 0.2) is 11.7 Å². The van der Waals surface area contributed by atoms with Crippen LogP contribution < -0.4 is 4.57 Å². The maximum atomic E-state index is 15.6. The maximum Gasteiger partial charge on any atom is 0.422 e. The van der Waals surface area contributed by atoms with Crippen LogP contribution in [0.4, 0.5) is 13.2 Å². The molecule has 0 amide bonds. The molecule has 7 rings (SSSR count). The van der Waals surface area contributed by atoms with Crippen LogP contribution in [0, 0.1) is 20.8 Å². The lowest BCUT2D eigenvalue weighted by molar-refractivity contribution is -0.754. The number of methoxy groups -OCH3 is 1. The normalized spacial score (nSPS) is 19.0. The second-order valence-electron chi connectivity index (χ2n) is 16.0. The van der Waals surface area contributed by atoms with E-state index in [1.165, 1.54) is 17.5 Å². The van der Waals surface area contributed by atoms with Crippen molar-refractivity contribution >= 4 is 43.0 Å². The van der Waals surface area contributed by atoms with E-state index >= 15 is 13.2 Å². The molecule has 0 saturated carbocycles. The average molecular weight is 723 g/mol. The first-order valence-corrected chi connectivity index (χ1v) is 18.7. The Bertz CT molecular complexity index is 2450. The number of halogens is 3. The molecule has 1 N–H and O–H groups in total. The Hall–Kier alpha value is -4.04. The van der Waals surface area contributed by atoms with Crippen LogP contribution in [-0.2, 0) is 27.3 Å². The molecule has 0 saturated heterocycles. The summed E-state index contributed by atoms with van der Waals surface area (Å²) in [6, 6.07) is 20.9. The highest BCUT2D eigenvalue weighted by molar-refractivity contribution is 7.23. The van der Waals surface area contributed by atoms with Crippen molar-refractivity contribution in [2.45, 2.75) is 84.4 Å². The Morgan fingerprint density at radius 2 is 1.54 bits per heavy atom. The first kappa shape index (κ1) is 36.3. The number of ether oxygens (including phenoxy) is 1. The molecule has 0 aliphatic carbocycles. The van der Waals surface area contributed by atoms with Crippen LogP contribution in [0.1, 0.15) is 74.4 Å². The molecular weight excluding hydrogens is 676 g/mol. The van der Waals surface area contributed by atoms with Crippen molar-refractivity contribution in [1.82, 2.24) is 0 Å². The minimum Gasteiger partial charge on any atom is -0.392 e. The van der Waals surface area contributed by atoms with Gasteiger partial charge in [0.05, 0.1) is 17.6 Å². The second-order valence-corrected chi connectivity index (χ2v) is 17.0. The van der Waals surface area contributed by atoms with E-state index in [9.17, 15) is 5.11 Å². The summed E-state index contributed by atoms with van der Waals surface area (Å²) < 4.78 is 54.9. The van der Waals surface area contributed by atoms with E-state index < -0.39 is 22.7 Å². The van der Waals surface area contributed by atoms with Gasteiger partial charge >= 0.3 is 6.18 Å². The van der Waals surface area contributed by atoms with Crippen LogP contribution in [0.5, 0.6) is 0 Å². The first-order valence-electron chi connectivity index (χ1n) is 17.9. The lowest BCUT2D eigenvalue weighted by atomic mass is 9.57. The molecule has 7 heteroatoms. The van der Waals surface area contributed by atoms with Gasteiger partial charge in [0, 0.05) is 36.5 Å². The number of aromatic nitrogens is 1. The standard InChI is InChI=1S/C45H47F3NO2S/c1-25-21-29-15-11-12-16-30(29)27(3)36(25)40-28(4)37-35(45(46,47)48)23-49-39(41(37)52-40)33-22-34(42(5,6)7)31-17-13-14-18-32(31)38(33)43(8,19-20-51-10)44(49,9)26(2)24-50/h11-18,21-23,50H,2,19-20,24H2,1,3-10H3/q+1. The van der Waals surface area contributed by atoms with Gasteiger partial charge in [0.1, 0.15) is 10.3 Å². The molecule has 0 fully saturated rings. The number of hydrogen-bond donors (Lipinski definition) is 1. The number of hydrogen-bond acceptors (Lipinski definition) is 3. The predicted molar refractivity (Wildman–Crippen MR) is 210 cm³/mol. The molecule has 0 spiro atoms. The number of benzene rings is 4. The van der Waals surface area contributed by atoms with Gasteiger partial charge < -0.3 is 9.84 Å². The average Bonchev–Trinajstić information content (AvgIpc) is 3.43. The Morgan fingerprint density at radius 3 is 2.15 bits per heavy atom. The Labute approximate surface area is 308 Å². The van der Waals surface area contributed by atoms with Crippen LogP contribution in [0.25, 0.3) is 53.3 Å². The van der Waals surface area contributed by atoms with E-state index in [0.717, 1.165) is 65.5 Å². The molecule has 1 aliphatic heterocycles. The molecule has 270 valence electrons. The van der Waals surface area contributed by atoms with Crippen molar-refractivity contribution in [3.63, 3.8) is 0 Å². The number of aliphatic hydroxyl groups excluding tert-OH is 1. The lowest BCUT2D eigenvalue weighted by Crippen LogP contribution is -2.69. The number of rotatable bonds is 6. The highest BCUT2D eigenvalue weighted by atomic mass is 32.1. The van der Waals surface area contributed by atoms with Crippen molar-refractivity contribution in [1.29, 1.82) is 0 Å². The summed E-state index contributed by atoms with van der Waals surface area (Å²) in [5.41, 5.74) is 4.93. The van der Waals surface area contributed by atoms with Crippen molar-refractivity contribution in [3.05, 3.63) is 112 Å². The van der Waals surface area contributed by atoms with E-state index in [2.05, 4.69) is 77.6 Å². The molecule has 4 aromatic carbocycles. The van der Waals surface area contributed by atoms with E-state index in [4.69, 9.17) is 4.74 Å². The second kappa shape index (κ2) is 12.3. The van der Waals surface area contributed by atoms with Crippen molar-refractivity contribution in [2.24, 2.45) is 0 Å².